The van der Waals surface area contributed by atoms with E-state index in [1.165, 1.54) is 25.3 Å². The monoisotopic (exact) mass is 296 g/mol. The Hall–Kier alpha value is -2.70. The largest absolute Gasteiger partial charge is 0.465 e. The minimum absolute atomic E-state index is 0.0467. The van der Waals surface area contributed by atoms with Crippen molar-refractivity contribution in [2.24, 2.45) is 0 Å². The molecule has 4 nitrogen and oxygen atoms in total. The first kappa shape index (κ1) is 14.7. The Bertz CT molecular complexity index is 682. The van der Waals surface area contributed by atoms with Gasteiger partial charge in [0.2, 0.25) is 0 Å². The molecule has 0 aliphatic carbocycles. The highest BCUT2D eigenvalue weighted by molar-refractivity contribution is 5.96. The van der Waals surface area contributed by atoms with Crippen LogP contribution in [0.15, 0.2) is 30.3 Å². The molecule has 2 aromatic carbocycles. The summed E-state index contributed by atoms with van der Waals surface area (Å²) in [6.07, 6.45) is 0. The van der Waals surface area contributed by atoms with E-state index >= 15 is 0 Å². The van der Waals surface area contributed by atoms with Crippen molar-refractivity contribution in [1.82, 2.24) is 0 Å². The van der Waals surface area contributed by atoms with Crippen molar-refractivity contribution in [2.45, 2.75) is 0 Å². The van der Waals surface area contributed by atoms with Crippen LogP contribution in [0.4, 0.5) is 30.2 Å². The fraction of sp³-hybridized carbons (Fsp3) is 0.0714. The average molecular weight is 296 g/mol. The van der Waals surface area contributed by atoms with Gasteiger partial charge in [0.05, 0.1) is 12.7 Å². The minimum atomic E-state index is -1.09. The molecular weight excluding hydrogens is 285 g/mol. The van der Waals surface area contributed by atoms with Crippen LogP contribution in [0.5, 0.6) is 0 Å². The average Bonchev–Trinajstić information content (AvgIpc) is 2.43. The molecule has 0 aromatic heterocycles. The molecule has 21 heavy (non-hydrogen) atoms. The van der Waals surface area contributed by atoms with E-state index in [0.29, 0.717) is 12.1 Å². The lowest BCUT2D eigenvalue weighted by molar-refractivity contribution is 0.0602. The molecule has 0 atom stereocenters. The topological polar surface area (TPSA) is 64.3 Å². The van der Waals surface area contributed by atoms with Crippen LogP contribution in [-0.2, 0) is 4.74 Å². The van der Waals surface area contributed by atoms with E-state index in [2.05, 4.69) is 10.1 Å². The van der Waals surface area contributed by atoms with Crippen molar-refractivity contribution >= 4 is 23.0 Å². The van der Waals surface area contributed by atoms with Gasteiger partial charge in [0.1, 0.15) is 11.5 Å². The summed E-state index contributed by atoms with van der Waals surface area (Å²) in [5.74, 6) is -3.90. The van der Waals surface area contributed by atoms with Crippen molar-refractivity contribution in [2.75, 3.05) is 18.2 Å². The maximum Gasteiger partial charge on any atom is 0.340 e. The van der Waals surface area contributed by atoms with Crippen molar-refractivity contribution in [3.63, 3.8) is 0 Å². The van der Waals surface area contributed by atoms with Crippen molar-refractivity contribution < 1.29 is 22.7 Å². The van der Waals surface area contributed by atoms with Gasteiger partial charge < -0.3 is 15.8 Å². The molecular formula is C14H11F3N2O2. The van der Waals surface area contributed by atoms with E-state index in [1.807, 2.05) is 0 Å². The van der Waals surface area contributed by atoms with Crippen LogP contribution in [0.1, 0.15) is 10.4 Å². The van der Waals surface area contributed by atoms with E-state index < -0.39 is 29.1 Å². The van der Waals surface area contributed by atoms with Gasteiger partial charge in [0.15, 0.2) is 11.6 Å². The molecule has 110 valence electrons. The second-order valence-corrected chi connectivity index (χ2v) is 4.16. The van der Waals surface area contributed by atoms with E-state index in [9.17, 15) is 18.0 Å². The number of carbonyl (C=O) groups is 1. The van der Waals surface area contributed by atoms with Crippen molar-refractivity contribution in [1.29, 1.82) is 0 Å². The number of nitrogen functional groups attached to an aromatic ring is 1. The van der Waals surface area contributed by atoms with E-state index in [0.717, 1.165) is 0 Å². The van der Waals surface area contributed by atoms with Gasteiger partial charge in [0, 0.05) is 23.5 Å². The summed E-state index contributed by atoms with van der Waals surface area (Å²) in [7, 11) is 1.18. The van der Waals surface area contributed by atoms with Crippen molar-refractivity contribution in [3.8, 4) is 0 Å². The molecule has 0 aliphatic heterocycles. The lowest BCUT2D eigenvalue weighted by Gasteiger charge is -2.11. The zero-order valence-electron chi connectivity index (χ0n) is 10.9. The Kier molecular flexibility index (Phi) is 4.02. The fourth-order valence-corrected chi connectivity index (χ4v) is 1.73. The fourth-order valence-electron chi connectivity index (χ4n) is 1.73. The van der Waals surface area contributed by atoms with Crippen LogP contribution in [0.25, 0.3) is 0 Å². The summed E-state index contributed by atoms with van der Waals surface area (Å²) in [6, 6.07) is 5.18. The molecule has 0 bridgehead atoms. The quantitative estimate of drug-likeness (QED) is 0.674. The Morgan fingerprint density at radius 3 is 2.33 bits per heavy atom. The number of hydrogen-bond acceptors (Lipinski definition) is 4. The maximum absolute atomic E-state index is 13.5. The molecule has 0 spiro atoms. The number of carbonyl (C=O) groups excluding carboxylic acids is 1. The van der Waals surface area contributed by atoms with E-state index in [1.54, 1.807) is 0 Å². The van der Waals surface area contributed by atoms with Gasteiger partial charge >= 0.3 is 5.97 Å². The molecule has 7 heteroatoms. The summed E-state index contributed by atoms with van der Waals surface area (Å²) < 4.78 is 44.5. The molecule has 0 saturated heterocycles. The van der Waals surface area contributed by atoms with Crippen molar-refractivity contribution in [3.05, 3.63) is 53.3 Å². The summed E-state index contributed by atoms with van der Waals surface area (Å²) in [6.45, 7) is 0. The zero-order chi connectivity index (χ0) is 15.6. The molecule has 0 radical (unpaired) electrons. The molecule has 0 fully saturated rings. The summed E-state index contributed by atoms with van der Waals surface area (Å²) in [5.41, 5.74) is 5.49. The number of nitrogens with two attached hydrogens (primary N) is 1. The van der Waals surface area contributed by atoms with Gasteiger partial charge in [-0.2, -0.15) is 0 Å². The number of esters is 1. The van der Waals surface area contributed by atoms with Crippen LogP contribution in [-0.4, -0.2) is 13.1 Å². The second-order valence-electron chi connectivity index (χ2n) is 4.16. The molecule has 0 heterocycles. The Morgan fingerprint density at radius 1 is 1.14 bits per heavy atom. The van der Waals surface area contributed by atoms with Gasteiger partial charge in [0.25, 0.3) is 0 Å². The van der Waals surface area contributed by atoms with Crippen LogP contribution in [0.2, 0.25) is 0 Å². The van der Waals surface area contributed by atoms with E-state index in [-0.39, 0.29) is 16.9 Å². The molecule has 3 N–H and O–H groups in total. The molecule has 0 aliphatic rings. The number of nitrogens with one attached hydrogen (secondary N) is 1. The Morgan fingerprint density at radius 2 is 1.76 bits per heavy atom. The van der Waals surface area contributed by atoms with Crippen LogP contribution >= 0.6 is 0 Å². The lowest BCUT2D eigenvalue weighted by atomic mass is 10.1. The standard InChI is InChI=1S/C14H11F3N2O2/c1-21-14(20)9-6-8(2-3-12(9)18)19-13-10(16)4-7(15)5-11(13)17/h2-6,19H,18H2,1H3. The number of anilines is 3. The normalized spacial score (nSPS) is 10.3. The Labute approximate surface area is 118 Å². The van der Waals surface area contributed by atoms with Gasteiger partial charge in [-0.3, -0.25) is 0 Å². The first-order valence-electron chi connectivity index (χ1n) is 5.81. The predicted octanol–water partition coefficient (Wildman–Crippen LogP) is 3.22. The highest BCUT2D eigenvalue weighted by Gasteiger charge is 2.14. The number of hydrogen-bond donors (Lipinski definition) is 2. The molecule has 2 aromatic rings. The molecule has 0 amide bonds. The van der Waals surface area contributed by atoms with Gasteiger partial charge in [-0.05, 0) is 18.2 Å². The minimum Gasteiger partial charge on any atom is -0.465 e. The van der Waals surface area contributed by atoms with Crippen LogP contribution in [0.3, 0.4) is 0 Å². The first-order chi connectivity index (χ1) is 9.92. The van der Waals surface area contributed by atoms with Gasteiger partial charge in [-0.25, -0.2) is 18.0 Å². The first-order valence-corrected chi connectivity index (χ1v) is 5.81. The number of benzene rings is 2. The van der Waals surface area contributed by atoms with Gasteiger partial charge in [-0.15, -0.1) is 0 Å². The third-order valence-corrected chi connectivity index (χ3v) is 2.73. The summed E-state index contributed by atoms with van der Waals surface area (Å²) in [5, 5.41) is 2.43. The number of halogens is 3. The lowest BCUT2D eigenvalue weighted by Crippen LogP contribution is -2.07. The van der Waals surface area contributed by atoms with Crippen LogP contribution < -0.4 is 11.1 Å². The molecule has 2 rings (SSSR count). The number of methoxy groups -OCH3 is 1. The maximum atomic E-state index is 13.5. The van der Waals surface area contributed by atoms with Gasteiger partial charge in [-0.1, -0.05) is 0 Å². The summed E-state index contributed by atoms with van der Waals surface area (Å²) >= 11 is 0. The van der Waals surface area contributed by atoms with Crippen LogP contribution in [0, 0.1) is 17.5 Å². The third kappa shape index (κ3) is 3.07. The SMILES string of the molecule is COC(=O)c1cc(Nc2c(F)cc(F)cc2F)ccc1N. The molecule has 0 saturated carbocycles. The van der Waals surface area contributed by atoms with E-state index in [4.69, 9.17) is 5.73 Å². The third-order valence-electron chi connectivity index (χ3n) is 2.73. The zero-order valence-corrected chi connectivity index (χ0v) is 10.9. The summed E-state index contributed by atoms with van der Waals surface area (Å²) in [4.78, 5) is 11.5. The number of rotatable bonds is 3. The number of ether oxygens (including phenoxy) is 1. The Balaban J connectivity index is 2.39. The molecule has 0 unspecified atom stereocenters. The highest BCUT2D eigenvalue weighted by atomic mass is 19.1. The predicted molar refractivity (Wildman–Crippen MR) is 71.8 cm³/mol. The second kappa shape index (κ2) is 5.74. The smallest absolute Gasteiger partial charge is 0.340 e. The highest BCUT2D eigenvalue weighted by Crippen LogP contribution is 2.26.